The highest BCUT2D eigenvalue weighted by molar-refractivity contribution is 7.19. The summed E-state index contributed by atoms with van der Waals surface area (Å²) in [6, 6.07) is 15.4. The Hall–Kier alpha value is -2.17. The van der Waals surface area contributed by atoms with Crippen LogP contribution in [0.3, 0.4) is 0 Å². The molecule has 3 nitrogen and oxygen atoms in total. The summed E-state index contributed by atoms with van der Waals surface area (Å²) in [5.41, 5.74) is 2.00. The highest BCUT2D eigenvalue weighted by Gasteiger charge is 2.07. The van der Waals surface area contributed by atoms with Crippen molar-refractivity contribution in [3.63, 3.8) is 0 Å². The van der Waals surface area contributed by atoms with E-state index in [1.807, 2.05) is 48.5 Å². The number of hydrogen-bond donors (Lipinski definition) is 0. The molecule has 3 aromatic rings. The van der Waals surface area contributed by atoms with E-state index in [1.165, 1.54) is 0 Å². The van der Waals surface area contributed by atoms with Crippen LogP contribution in [-0.2, 0) is 11.3 Å². The first-order chi connectivity index (χ1) is 11.1. The number of thiazole rings is 1. The van der Waals surface area contributed by atoms with Gasteiger partial charge in [0.1, 0.15) is 5.01 Å². The zero-order valence-electron chi connectivity index (χ0n) is 12.6. The molecule has 0 unspecified atom stereocenters. The molecule has 116 valence electrons. The normalized spacial score (nSPS) is 11.2. The SMILES string of the molecule is CN(Cc1ccc(Cl)cc1)C(=O)C=Cc1nc2ccccc2s1. The molecule has 0 aliphatic rings. The molecule has 0 saturated heterocycles. The number of carbonyl (C=O) groups is 1. The van der Waals surface area contributed by atoms with Gasteiger partial charge in [-0.15, -0.1) is 11.3 Å². The van der Waals surface area contributed by atoms with Gasteiger partial charge >= 0.3 is 0 Å². The smallest absolute Gasteiger partial charge is 0.246 e. The number of nitrogens with zero attached hydrogens (tertiary/aromatic N) is 2. The summed E-state index contributed by atoms with van der Waals surface area (Å²) in [6.07, 6.45) is 3.33. The van der Waals surface area contributed by atoms with Crippen LogP contribution < -0.4 is 0 Å². The van der Waals surface area contributed by atoms with Crippen LogP contribution in [0.5, 0.6) is 0 Å². The van der Waals surface area contributed by atoms with Crippen LogP contribution in [0.1, 0.15) is 10.6 Å². The lowest BCUT2D eigenvalue weighted by molar-refractivity contribution is -0.125. The molecule has 0 saturated carbocycles. The fraction of sp³-hybridized carbons (Fsp3) is 0.111. The molecule has 0 fully saturated rings. The standard InChI is InChI=1S/C18H15ClN2OS/c1-21(12-13-6-8-14(19)9-7-13)18(22)11-10-17-20-15-4-2-3-5-16(15)23-17/h2-11H,12H2,1H3. The number of rotatable bonds is 4. The number of para-hydroxylation sites is 1. The van der Waals surface area contributed by atoms with E-state index in [9.17, 15) is 4.79 Å². The molecule has 1 amide bonds. The molecule has 0 aliphatic carbocycles. The molecule has 0 atom stereocenters. The first kappa shape index (κ1) is 15.7. The predicted octanol–water partition coefficient (Wildman–Crippen LogP) is 4.62. The summed E-state index contributed by atoms with van der Waals surface area (Å²) in [5.74, 6) is -0.0563. The molecular weight excluding hydrogens is 328 g/mol. The average molecular weight is 343 g/mol. The molecule has 1 aromatic heterocycles. The number of amides is 1. The van der Waals surface area contributed by atoms with Crippen LogP contribution in [0.15, 0.2) is 54.6 Å². The van der Waals surface area contributed by atoms with E-state index >= 15 is 0 Å². The maximum absolute atomic E-state index is 12.2. The Labute approximate surface area is 143 Å². The molecule has 0 bridgehead atoms. The molecule has 0 N–H and O–H groups in total. The number of halogens is 1. The van der Waals surface area contributed by atoms with Gasteiger partial charge in [0, 0.05) is 24.7 Å². The highest BCUT2D eigenvalue weighted by Crippen LogP contribution is 2.22. The Morgan fingerprint density at radius 3 is 2.70 bits per heavy atom. The van der Waals surface area contributed by atoms with Crippen molar-refractivity contribution in [1.29, 1.82) is 0 Å². The first-order valence-corrected chi connectivity index (χ1v) is 8.34. The Balaban J connectivity index is 1.66. The van der Waals surface area contributed by atoms with Gasteiger partial charge in [0.15, 0.2) is 0 Å². The van der Waals surface area contributed by atoms with Crippen molar-refractivity contribution in [1.82, 2.24) is 9.88 Å². The molecule has 0 radical (unpaired) electrons. The Bertz CT molecular complexity index is 822. The Morgan fingerprint density at radius 1 is 1.22 bits per heavy atom. The summed E-state index contributed by atoms with van der Waals surface area (Å²) in [6.45, 7) is 0.542. The van der Waals surface area contributed by atoms with Crippen LogP contribution in [0.2, 0.25) is 5.02 Å². The minimum Gasteiger partial charge on any atom is -0.338 e. The van der Waals surface area contributed by atoms with Crippen molar-refractivity contribution in [3.05, 3.63) is 70.2 Å². The zero-order valence-corrected chi connectivity index (χ0v) is 14.1. The maximum Gasteiger partial charge on any atom is 0.246 e. The zero-order chi connectivity index (χ0) is 16.2. The minimum absolute atomic E-state index is 0.0563. The van der Waals surface area contributed by atoms with Crippen molar-refractivity contribution in [2.24, 2.45) is 0 Å². The molecule has 3 rings (SSSR count). The van der Waals surface area contributed by atoms with Crippen LogP contribution in [0.25, 0.3) is 16.3 Å². The monoisotopic (exact) mass is 342 g/mol. The van der Waals surface area contributed by atoms with Gasteiger partial charge in [-0.25, -0.2) is 4.98 Å². The van der Waals surface area contributed by atoms with E-state index in [1.54, 1.807) is 35.4 Å². The lowest BCUT2D eigenvalue weighted by Gasteiger charge is -2.15. The summed E-state index contributed by atoms with van der Waals surface area (Å²) in [4.78, 5) is 18.3. The number of likely N-dealkylation sites (N-methyl/N-ethyl adjacent to an activating group) is 1. The first-order valence-electron chi connectivity index (χ1n) is 7.15. The average Bonchev–Trinajstić information content (AvgIpc) is 2.97. The van der Waals surface area contributed by atoms with Gasteiger partial charge in [-0.3, -0.25) is 4.79 Å². The van der Waals surface area contributed by atoms with Gasteiger partial charge in [0.25, 0.3) is 0 Å². The van der Waals surface area contributed by atoms with Crippen molar-refractivity contribution in [2.75, 3.05) is 7.05 Å². The second-order valence-electron chi connectivity index (χ2n) is 5.17. The quantitative estimate of drug-likeness (QED) is 0.648. The van der Waals surface area contributed by atoms with Gasteiger partial charge < -0.3 is 4.90 Å². The number of carbonyl (C=O) groups excluding carboxylic acids is 1. The molecule has 2 aromatic carbocycles. The van der Waals surface area contributed by atoms with Crippen LogP contribution in [0.4, 0.5) is 0 Å². The van der Waals surface area contributed by atoms with Gasteiger partial charge in [-0.2, -0.15) is 0 Å². The molecular formula is C18H15ClN2OS. The highest BCUT2D eigenvalue weighted by atomic mass is 35.5. The van der Waals surface area contributed by atoms with Gasteiger partial charge in [-0.05, 0) is 35.9 Å². The Morgan fingerprint density at radius 2 is 1.96 bits per heavy atom. The van der Waals surface area contributed by atoms with E-state index < -0.39 is 0 Å². The number of fused-ring (bicyclic) bond motifs is 1. The van der Waals surface area contributed by atoms with E-state index in [-0.39, 0.29) is 5.91 Å². The van der Waals surface area contributed by atoms with Crippen LogP contribution in [0, 0.1) is 0 Å². The van der Waals surface area contributed by atoms with Crippen molar-refractivity contribution in [3.8, 4) is 0 Å². The maximum atomic E-state index is 12.2. The van der Waals surface area contributed by atoms with E-state index in [2.05, 4.69) is 4.98 Å². The fourth-order valence-electron chi connectivity index (χ4n) is 2.17. The third kappa shape index (κ3) is 3.97. The van der Waals surface area contributed by atoms with Gasteiger partial charge in [-0.1, -0.05) is 35.9 Å². The third-order valence-corrected chi connectivity index (χ3v) is 4.64. The topological polar surface area (TPSA) is 33.2 Å². The van der Waals surface area contributed by atoms with Crippen molar-refractivity contribution in [2.45, 2.75) is 6.54 Å². The third-order valence-electron chi connectivity index (χ3n) is 3.39. The summed E-state index contributed by atoms with van der Waals surface area (Å²) in [5, 5.41) is 1.53. The lowest BCUT2D eigenvalue weighted by atomic mass is 10.2. The molecule has 23 heavy (non-hydrogen) atoms. The predicted molar refractivity (Wildman–Crippen MR) is 96.6 cm³/mol. The van der Waals surface area contributed by atoms with Gasteiger partial charge in [0.2, 0.25) is 5.91 Å². The molecule has 0 spiro atoms. The molecule has 0 aliphatic heterocycles. The largest absolute Gasteiger partial charge is 0.338 e. The second-order valence-corrected chi connectivity index (χ2v) is 6.67. The van der Waals surface area contributed by atoms with Crippen LogP contribution >= 0.6 is 22.9 Å². The number of hydrogen-bond acceptors (Lipinski definition) is 3. The fourth-order valence-corrected chi connectivity index (χ4v) is 3.17. The van der Waals surface area contributed by atoms with Crippen molar-refractivity contribution < 1.29 is 4.79 Å². The second kappa shape index (κ2) is 6.94. The summed E-state index contributed by atoms with van der Waals surface area (Å²) >= 11 is 7.44. The summed E-state index contributed by atoms with van der Waals surface area (Å²) in [7, 11) is 1.78. The molecule has 5 heteroatoms. The number of benzene rings is 2. The van der Waals surface area contributed by atoms with E-state index in [0.717, 1.165) is 20.8 Å². The lowest BCUT2D eigenvalue weighted by Crippen LogP contribution is -2.24. The van der Waals surface area contributed by atoms with Gasteiger partial charge in [0.05, 0.1) is 10.2 Å². The van der Waals surface area contributed by atoms with Crippen molar-refractivity contribution >= 4 is 45.1 Å². The summed E-state index contributed by atoms with van der Waals surface area (Å²) < 4.78 is 1.12. The van der Waals surface area contributed by atoms with E-state index in [4.69, 9.17) is 11.6 Å². The van der Waals surface area contributed by atoms with Crippen LogP contribution in [-0.4, -0.2) is 22.8 Å². The Kier molecular flexibility index (Phi) is 4.74. The molecule has 1 heterocycles. The number of aromatic nitrogens is 1. The minimum atomic E-state index is -0.0563. The van der Waals surface area contributed by atoms with E-state index in [0.29, 0.717) is 11.6 Å².